The Balaban J connectivity index is 2.73. The summed E-state index contributed by atoms with van der Waals surface area (Å²) in [5.41, 5.74) is -1.13. The van der Waals surface area contributed by atoms with Crippen molar-refractivity contribution in [3.8, 4) is 12.3 Å². The van der Waals surface area contributed by atoms with Crippen molar-refractivity contribution < 1.29 is 9.22 Å². The van der Waals surface area contributed by atoms with Gasteiger partial charge < -0.3 is 9.33 Å². The molecular formula is C17H27N3O4Si. The number of carbonyl (C=O) groups excluding carboxylic acids is 1. The van der Waals surface area contributed by atoms with Crippen LogP contribution in [0.1, 0.15) is 20.8 Å². The molecule has 1 N–H and O–H groups in total. The number of aromatic nitrogens is 2. The lowest BCUT2D eigenvalue weighted by molar-refractivity contribution is -0.131. The average Bonchev–Trinajstić information content (AvgIpc) is 2.48. The van der Waals surface area contributed by atoms with E-state index in [1.54, 1.807) is 0 Å². The summed E-state index contributed by atoms with van der Waals surface area (Å²) in [5.74, 6) is 2.15. The van der Waals surface area contributed by atoms with E-state index >= 15 is 0 Å². The molecule has 0 aliphatic carbocycles. The van der Waals surface area contributed by atoms with Crippen LogP contribution in [0.2, 0.25) is 18.1 Å². The predicted molar refractivity (Wildman–Crippen MR) is 99.9 cm³/mol. The molecule has 0 aliphatic rings. The minimum atomic E-state index is -1.90. The van der Waals surface area contributed by atoms with Gasteiger partial charge in [-0.05, 0) is 18.1 Å². The summed E-state index contributed by atoms with van der Waals surface area (Å²) in [6.07, 6.45) is 6.64. The van der Waals surface area contributed by atoms with E-state index in [0.29, 0.717) is 13.2 Å². The first kappa shape index (κ1) is 20.9. The van der Waals surface area contributed by atoms with E-state index in [1.807, 2.05) is 0 Å². The first-order chi connectivity index (χ1) is 11.5. The first-order valence-electron chi connectivity index (χ1n) is 8.13. The SMILES string of the molecule is C#CCN(CCO[Si](C)(C)C(C)(C)C)C(=O)Cn1ccc(=O)[nH]c1=O. The molecule has 25 heavy (non-hydrogen) atoms. The Kier molecular flexibility index (Phi) is 6.96. The first-order valence-corrected chi connectivity index (χ1v) is 11.0. The summed E-state index contributed by atoms with van der Waals surface area (Å²) >= 11 is 0. The largest absolute Gasteiger partial charge is 0.415 e. The molecule has 1 aromatic rings. The van der Waals surface area contributed by atoms with Crippen LogP contribution in [0.15, 0.2) is 21.9 Å². The van der Waals surface area contributed by atoms with Gasteiger partial charge in [-0.15, -0.1) is 6.42 Å². The Morgan fingerprint density at radius 2 is 2.04 bits per heavy atom. The van der Waals surface area contributed by atoms with Crippen LogP contribution in [0, 0.1) is 12.3 Å². The Morgan fingerprint density at radius 1 is 1.40 bits per heavy atom. The molecule has 8 heteroatoms. The molecule has 0 bridgehead atoms. The molecule has 0 atom stereocenters. The molecule has 0 aliphatic heterocycles. The van der Waals surface area contributed by atoms with Crippen LogP contribution < -0.4 is 11.2 Å². The van der Waals surface area contributed by atoms with Crippen LogP contribution in [0.25, 0.3) is 0 Å². The van der Waals surface area contributed by atoms with Crippen LogP contribution in [-0.2, 0) is 15.8 Å². The van der Waals surface area contributed by atoms with Crippen LogP contribution in [0.5, 0.6) is 0 Å². The minimum Gasteiger partial charge on any atom is -0.415 e. The Labute approximate surface area is 149 Å². The monoisotopic (exact) mass is 365 g/mol. The third kappa shape index (κ3) is 6.03. The number of hydrogen-bond donors (Lipinski definition) is 1. The molecule has 138 valence electrons. The van der Waals surface area contributed by atoms with Crippen molar-refractivity contribution in [1.82, 2.24) is 14.5 Å². The van der Waals surface area contributed by atoms with Crippen molar-refractivity contribution in [2.24, 2.45) is 0 Å². The fourth-order valence-electron chi connectivity index (χ4n) is 1.84. The summed E-state index contributed by atoms with van der Waals surface area (Å²) in [6, 6.07) is 1.20. The van der Waals surface area contributed by atoms with Gasteiger partial charge in [0.2, 0.25) is 5.91 Å². The molecule has 1 heterocycles. The van der Waals surface area contributed by atoms with Crippen LogP contribution in [0.3, 0.4) is 0 Å². The van der Waals surface area contributed by atoms with Gasteiger partial charge in [-0.3, -0.25) is 19.1 Å². The van der Waals surface area contributed by atoms with E-state index in [2.05, 4.69) is 44.8 Å². The molecule has 0 aromatic carbocycles. The predicted octanol–water partition coefficient (Wildman–Crippen LogP) is 1.02. The third-order valence-electron chi connectivity index (χ3n) is 4.47. The maximum absolute atomic E-state index is 12.4. The summed E-state index contributed by atoms with van der Waals surface area (Å²) < 4.78 is 7.21. The highest BCUT2D eigenvalue weighted by molar-refractivity contribution is 6.74. The van der Waals surface area contributed by atoms with Crippen molar-refractivity contribution in [2.45, 2.75) is 45.4 Å². The lowest BCUT2D eigenvalue weighted by Crippen LogP contribution is -2.44. The van der Waals surface area contributed by atoms with Gasteiger partial charge in [-0.25, -0.2) is 4.79 Å². The molecule has 0 unspecified atom stereocenters. The molecule has 0 spiro atoms. The zero-order valence-electron chi connectivity index (χ0n) is 15.6. The highest BCUT2D eigenvalue weighted by atomic mass is 28.4. The maximum Gasteiger partial charge on any atom is 0.328 e. The van der Waals surface area contributed by atoms with Gasteiger partial charge in [0.05, 0.1) is 13.2 Å². The van der Waals surface area contributed by atoms with E-state index in [4.69, 9.17) is 10.8 Å². The number of hydrogen-bond acceptors (Lipinski definition) is 4. The molecule has 0 saturated heterocycles. The smallest absolute Gasteiger partial charge is 0.328 e. The minimum absolute atomic E-state index is 0.0805. The number of aromatic amines is 1. The fourth-order valence-corrected chi connectivity index (χ4v) is 2.88. The highest BCUT2D eigenvalue weighted by Gasteiger charge is 2.37. The summed E-state index contributed by atoms with van der Waals surface area (Å²) in [4.78, 5) is 38.8. The van der Waals surface area contributed by atoms with Gasteiger partial charge >= 0.3 is 5.69 Å². The molecule has 0 radical (unpaired) electrons. The molecule has 0 saturated carbocycles. The number of carbonyl (C=O) groups is 1. The third-order valence-corrected chi connectivity index (χ3v) is 9.01. The second-order valence-corrected chi connectivity index (χ2v) is 12.2. The number of H-pyrrole nitrogens is 1. The van der Waals surface area contributed by atoms with Gasteiger partial charge in [-0.1, -0.05) is 26.7 Å². The van der Waals surface area contributed by atoms with Crippen LogP contribution in [-0.4, -0.2) is 48.4 Å². The molecule has 0 fully saturated rings. The number of nitrogens with zero attached hydrogens (tertiary/aromatic N) is 2. The number of terminal acetylenes is 1. The van der Waals surface area contributed by atoms with Crippen LogP contribution in [0.4, 0.5) is 0 Å². The van der Waals surface area contributed by atoms with Gasteiger partial charge in [0.1, 0.15) is 6.54 Å². The lowest BCUT2D eigenvalue weighted by atomic mass is 10.2. The van der Waals surface area contributed by atoms with E-state index in [9.17, 15) is 14.4 Å². The summed E-state index contributed by atoms with van der Waals surface area (Å²) in [5, 5.41) is 0.0805. The Bertz CT molecular complexity index is 753. The van der Waals surface area contributed by atoms with Crippen LogP contribution >= 0.6 is 0 Å². The van der Waals surface area contributed by atoms with E-state index < -0.39 is 19.6 Å². The van der Waals surface area contributed by atoms with Gasteiger partial charge in [-0.2, -0.15) is 0 Å². The highest BCUT2D eigenvalue weighted by Crippen LogP contribution is 2.36. The second kappa shape index (κ2) is 8.32. The van der Waals surface area contributed by atoms with Crippen molar-refractivity contribution >= 4 is 14.2 Å². The average molecular weight is 366 g/mol. The normalized spacial score (nSPS) is 11.8. The van der Waals surface area contributed by atoms with Crippen molar-refractivity contribution in [2.75, 3.05) is 19.7 Å². The van der Waals surface area contributed by atoms with E-state index in [-0.39, 0.29) is 24.0 Å². The molecule has 1 amide bonds. The van der Waals surface area contributed by atoms with Gasteiger partial charge in [0, 0.05) is 18.8 Å². The van der Waals surface area contributed by atoms with E-state index in [0.717, 1.165) is 4.57 Å². The van der Waals surface area contributed by atoms with Gasteiger partial charge in [0.25, 0.3) is 5.56 Å². The molecule has 1 aromatic heterocycles. The van der Waals surface area contributed by atoms with Crippen molar-refractivity contribution in [3.05, 3.63) is 33.1 Å². The zero-order valence-corrected chi connectivity index (χ0v) is 16.6. The van der Waals surface area contributed by atoms with Crippen molar-refractivity contribution in [3.63, 3.8) is 0 Å². The zero-order chi connectivity index (χ0) is 19.3. The fraction of sp³-hybridized carbons (Fsp3) is 0.588. The standard InChI is InChI=1S/C17H27N3O4Si/c1-7-9-19(11-12-24-25(5,6)17(2,3)4)15(22)13-20-10-8-14(21)18-16(20)23/h1,8,10H,9,11-13H2,2-6H3,(H,18,21,23). The topological polar surface area (TPSA) is 84.4 Å². The number of amides is 1. The number of rotatable bonds is 7. The lowest BCUT2D eigenvalue weighted by Gasteiger charge is -2.36. The quantitative estimate of drug-likeness (QED) is 0.577. The second-order valence-electron chi connectivity index (χ2n) is 7.37. The maximum atomic E-state index is 12.4. The van der Waals surface area contributed by atoms with Crippen molar-refractivity contribution in [1.29, 1.82) is 0 Å². The van der Waals surface area contributed by atoms with E-state index in [1.165, 1.54) is 17.2 Å². The number of nitrogens with one attached hydrogen (secondary N) is 1. The molecule has 1 rings (SSSR count). The summed E-state index contributed by atoms with van der Waals surface area (Å²) in [6.45, 7) is 11.4. The summed E-state index contributed by atoms with van der Waals surface area (Å²) in [7, 11) is -1.90. The molecule has 7 nitrogen and oxygen atoms in total. The molecular weight excluding hydrogens is 338 g/mol. The van der Waals surface area contributed by atoms with Gasteiger partial charge in [0.15, 0.2) is 8.32 Å². The Morgan fingerprint density at radius 3 is 2.56 bits per heavy atom. The Hall–Kier alpha value is -2.11.